The third-order valence-electron chi connectivity index (χ3n) is 2.79. The van der Waals surface area contributed by atoms with Crippen LogP contribution < -0.4 is 10.3 Å². The van der Waals surface area contributed by atoms with Crippen molar-refractivity contribution in [3.05, 3.63) is 60.2 Å². The Morgan fingerprint density at radius 3 is 2.52 bits per heavy atom. The van der Waals surface area contributed by atoms with E-state index < -0.39 is 10.0 Å². The van der Waals surface area contributed by atoms with Gasteiger partial charge in [-0.3, -0.25) is 0 Å². The second-order valence-corrected chi connectivity index (χ2v) is 6.05. The number of hydrogen-bond donors (Lipinski definition) is 0. The smallest absolute Gasteiger partial charge is 0.284 e. The van der Waals surface area contributed by atoms with Crippen LogP contribution in [0.25, 0.3) is 0 Å². The van der Waals surface area contributed by atoms with Crippen molar-refractivity contribution in [1.82, 2.24) is 4.73 Å². The molecule has 1 heterocycles. The standard InChI is InChI=1S/C15H18N2O3S/c1-2-3-13-20-17-12-8-7-11-15(17)16-21(18,19)14-9-5-4-6-10-14/h4-12H,2-3,13H2,1H3/b16-15+. The van der Waals surface area contributed by atoms with Gasteiger partial charge >= 0.3 is 0 Å². The highest BCUT2D eigenvalue weighted by molar-refractivity contribution is 7.90. The summed E-state index contributed by atoms with van der Waals surface area (Å²) in [5.74, 6) is 0. The Labute approximate surface area is 124 Å². The van der Waals surface area contributed by atoms with E-state index in [1.807, 2.05) is 0 Å². The van der Waals surface area contributed by atoms with Gasteiger partial charge in [0.05, 0.1) is 4.90 Å². The first-order valence-electron chi connectivity index (χ1n) is 6.80. The third-order valence-corrected chi connectivity index (χ3v) is 4.08. The molecule has 6 heteroatoms. The van der Waals surface area contributed by atoms with E-state index in [4.69, 9.17) is 4.84 Å². The second kappa shape index (κ2) is 7.08. The molecule has 0 saturated carbocycles. The van der Waals surface area contributed by atoms with Crippen molar-refractivity contribution in [3.63, 3.8) is 0 Å². The van der Waals surface area contributed by atoms with E-state index in [1.54, 1.807) is 42.6 Å². The minimum absolute atomic E-state index is 0.161. The minimum Gasteiger partial charge on any atom is -0.412 e. The van der Waals surface area contributed by atoms with Crippen molar-refractivity contribution >= 4 is 10.0 Å². The SMILES string of the molecule is CCCCOn1cccc/c1=N\S(=O)(=O)c1ccccc1. The molecule has 0 aliphatic carbocycles. The molecular formula is C15H18N2O3S. The van der Waals surface area contributed by atoms with Gasteiger partial charge in [0.1, 0.15) is 6.61 Å². The van der Waals surface area contributed by atoms with E-state index in [2.05, 4.69) is 11.3 Å². The highest BCUT2D eigenvalue weighted by atomic mass is 32.2. The van der Waals surface area contributed by atoms with Crippen LogP contribution in [0.3, 0.4) is 0 Å². The van der Waals surface area contributed by atoms with Gasteiger partial charge in [-0.1, -0.05) is 37.6 Å². The van der Waals surface area contributed by atoms with E-state index in [0.717, 1.165) is 12.8 Å². The molecule has 0 spiro atoms. The van der Waals surface area contributed by atoms with E-state index in [0.29, 0.717) is 6.61 Å². The molecule has 0 saturated heterocycles. The van der Waals surface area contributed by atoms with Crippen LogP contribution in [0.15, 0.2) is 64.0 Å². The van der Waals surface area contributed by atoms with Crippen LogP contribution >= 0.6 is 0 Å². The van der Waals surface area contributed by atoms with E-state index in [-0.39, 0.29) is 10.4 Å². The molecule has 0 N–H and O–H groups in total. The van der Waals surface area contributed by atoms with E-state index in [9.17, 15) is 8.42 Å². The van der Waals surface area contributed by atoms with Crippen LogP contribution in [0.4, 0.5) is 0 Å². The normalized spacial score (nSPS) is 12.3. The molecule has 0 unspecified atom stereocenters. The number of hydrogen-bond acceptors (Lipinski definition) is 3. The summed E-state index contributed by atoms with van der Waals surface area (Å²) in [4.78, 5) is 5.68. The number of pyridine rings is 1. The van der Waals surface area contributed by atoms with Gasteiger partial charge in [-0.25, -0.2) is 0 Å². The molecule has 5 nitrogen and oxygen atoms in total. The molecule has 0 radical (unpaired) electrons. The van der Waals surface area contributed by atoms with Crippen LogP contribution in [-0.2, 0) is 10.0 Å². The second-order valence-electron chi connectivity index (χ2n) is 4.45. The van der Waals surface area contributed by atoms with Crippen molar-refractivity contribution in [3.8, 4) is 0 Å². The highest BCUT2D eigenvalue weighted by Gasteiger charge is 2.11. The predicted octanol–water partition coefficient (Wildman–Crippen LogP) is 2.01. The van der Waals surface area contributed by atoms with Gasteiger partial charge in [0.2, 0.25) is 0 Å². The van der Waals surface area contributed by atoms with Crippen molar-refractivity contribution < 1.29 is 13.3 Å². The first kappa shape index (κ1) is 15.3. The average Bonchev–Trinajstić information content (AvgIpc) is 2.50. The summed E-state index contributed by atoms with van der Waals surface area (Å²) in [5.41, 5.74) is 0.248. The summed E-state index contributed by atoms with van der Waals surface area (Å²) in [6.45, 7) is 2.57. The molecule has 0 fully saturated rings. The summed E-state index contributed by atoms with van der Waals surface area (Å²) < 4.78 is 29.7. The highest BCUT2D eigenvalue weighted by Crippen LogP contribution is 2.09. The van der Waals surface area contributed by atoms with Crippen LogP contribution in [0.5, 0.6) is 0 Å². The van der Waals surface area contributed by atoms with Gasteiger partial charge < -0.3 is 4.84 Å². The summed E-state index contributed by atoms with van der Waals surface area (Å²) in [6.07, 6.45) is 3.55. The molecule has 0 bridgehead atoms. The Balaban J connectivity index is 2.37. The Morgan fingerprint density at radius 1 is 1.10 bits per heavy atom. The van der Waals surface area contributed by atoms with Crippen molar-refractivity contribution in [2.24, 2.45) is 4.40 Å². The molecular weight excluding hydrogens is 288 g/mol. The molecule has 21 heavy (non-hydrogen) atoms. The van der Waals surface area contributed by atoms with Crippen LogP contribution in [0, 0.1) is 0 Å². The average molecular weight is 306 g/mol. The lowest BCUT2D eigenvalue weighted by Gasteiger charge is -2.08. The molecule has 0 aliphatic heterocycles. The fourth-order valence-corrected chi connectivity index (χ4v) is 2.67. The Morgan fingerprint density at radius 2 is 1.81 bits per heavy atom. The molecule has 0 atom stereocenters. The Bertz CT molecular complexity index is 737. The number of unbranched alkanes of at least 4 members (excludes halogenated alkanes) is 1. The molecule has 0 aliphatic rings. The number of rotatable bonds is 6. The van der Waals surface area contributed by atoms with Gasteiger partial charge in [-0.15, -0.1) is 4.40 Å². The largest absolute Gasteiger partial charge is 0.412 e. The summed E-state index contributed by atoms with van der Waals surface area (Å²) >= 11 is 0. The van der Waals surface area contributed by atoms with Gasteiger partial charge in [-0.2, -0.15) is 13.1 Å². The van der Waals surface area contributed by atoms with Crippen LogP contribution in [-0.4, -0.2) is 19.8 Å². The molecule has 1 aromatic carbocycles. The lowest BCUT2D eigenvalue weighted by atomic mass is 10.4. The van der Waals surface area contributed by atoms with Crippen molar-refractivity contribution in [2.75, 3.05) is 6.61 Å². The lowest BCUT2D eigenvalue weighted by molar-refractivity contribution is 0.0979. The molecule has 1 aromatic heterocycles. The molecule has 112 valence electrons. The number of benzene rings is 1. The number of nitrogens with zero attached hydrogens (tertiary/aromatic N) is 2. The maximum Gasteiger partial charge on any atom is 0.284 e. The van der Waals surface area contributed by atoms with Crippen LogP contribution in [0.2, 0.25) is 0 Å². The van der Waals surface area contributed by atoms with E-state index >= 15 is 0 Å². The summed E-state index contributed by atoms with van der Waals surface area (Å²) in [7, 11) is -3.74. The fourth-order valence-electron chi connectivity index (χ4n) is 1.67. The van der Waals surface area contributed by atoms with Crippen molar-refractivity contribution in [1.29, 1.82) is 0 Å². The Kier molecular flexibility index (Phi) is 5.16. The molecule has 0 amide bonds. The van der Waals surface area contributed by atoms with Gasteiger partial charge in [0.25, 0.3) is 10.0 Å². The minimum atomic E-state index is -3.74. The third kappa shape index (κ3) is 4.19. The van der Waals surface area contributed by atoms with E-state index in [1.165, 1.54) is 16.9 Å². The maximum atomic E-state index is 12.2. The van der Waals surface area contributed by atoms with Gasteiger partial charge in [0, 0.05) is 6.20 Å². The first-order chi connectivity index (χ1) is 10.1. The van der Waals surface area contributed by atoms with Crippen molar-refractivity contribution in [2.45, 2.75) is 24.7 Å². The predicted molar refractivity (Wildman–Crippen MR) is 80.0 cm³/mol. The summed E-state index contributed by atoms with van der Waals surface area (Å²) in [6, 6.07) is 13.2. The molecule has 2 rings (SSSR count). The zero-order valence-electron chi connectivity index (χ0n) is 11.8. The quantitative estimate of drug-likeness (QED) is 0.767. The first-order valence-corrected chi connectivity index (χ1v) is 8.24. The number of sulfonamides is 1. The Hall–Kier alpha value is -2.08. The molecule has 2 aromatic rings. The number of aromatic nitrogens is 1. The van der Waals surface area contributed by atoms with Gasteiger partial charge in [-0.05, 0) is 30.7 Å². The topological polar surface area (TPSA) is 60.7 Å². The monoisotopic (exact) mass is 306 g/mol. The van der Waals surface area contributed by atoms with Crippen LogP contribution in [0.1, 0.15) is 19.8 Å². The lowest BCUT2D eigenvalue weighted by Crippen LogP contribution is -2.28. The zero-order valence-corrected chi connectivity index (χ0v) is 12.7. The summed E-state index contributed by atoms with van der Waals surface area (Å²) in [5, 5.41) is 0. The maximum absolute atomic E-state index is 12.2. The zero-order chi connectivity index (χ0) is 15.1. The fraction of sp³-hybridized carbons (Fsp3) is 0.267. The van der Waals surface area contributed by atoms with Gasteiger partial charge in [0.15, 0.2) is 5.49 Å².